The molecule has 1 aliphatic heterocycles. The van der Waals surface area contributed by atoms with Gasteiger partial charge in [-0.15, -0.1) is 0 Å². The zero-order chi connectivity index (χ0) is 20.9. The predicted octanol–water partition coefficient (Wildman–Crippen LogP) is 3.94. The van der Waals surface area contributed by atoms with Gasteiger partial charge in [0.2, 0.25) is 5.91 Å². The zero-order valence-corrected chi connectivity index (χ0v) is 16.8. The fourth-order valence-electron chi connectivity index (χ4n) is 3.05. The summed E-state index contributed by atoms with van der Waals surface area (Å²) in [6, 6.07) is 10.1. The van der Waals surface area contributed by atoms with Crippen molar-refractivity contribution < 1.29 is 22.7 Å². The maximum absolute atomic E-state index is 12.6. The number of ether oxygens (including phenoxy) is 1. The predicted molar refractivity (Wildman–Crippen MR) is 106 cm³/mol. The van der Waals surface area contributed by atoms with Gasteiger partial charge in [0.15, 0.2) is 0 Å². The van der Waals surface area contributed by atoms with E-state index in [2.05, 4.69) is 9.88 Å². The Balaban J connectivity index is 1.50. The van der Waals surface area contributed by atoms with Crippen LogP contribution in [0.25, 0.3) is 0 Å². The highest BCUT2D eigenvalue weighted by atomic mass is 32.2. The van der Waals surface area contributed by atoms with E-state index in [9.17, 15) is 18.0 Å². The van der Waals surface area contributed by atoms with Crippen LogP contribution in [0.3, 0.4) is 0 Å². The van der Waals surface area contributed by atoms with E-state index >= 15 is 0 Å². The second-order valence-corrected chi connectivity index (χ2v) is 7.44. The van der Waals surface area contributed by atoms with Crippen LogP contribution in [0.5, 0.6) is 5.75 Å². The Morgan fingerprint density at radius 1 is 1.14 bits per heavy atom. The Hall–Kier alpha value is -2.42. The SMILES string of the molecule is CCOc1ccccc1N1CCN(C(=O)CSc2ccc(C(F)(F)F)cn2)CC1. The molecule has 0 atom stereocenters. The highest BCUT2D eigenvalue weighted by Gasteiger charge is 2.30. The number of alkyl halides is 3. The number of thioether (sulfide) groups is 1. The lowest BCUT2D eigenvalue weighted by Gasteiger charge is -2.36. The molecule has 0 bridgehead atoms. The van der Waals surface area contributed by atoms with E-state index in [1.807, 2.05) is 31.2 Å². The molecule has 29 heavy (non-hydrogen) atoms. The van der Waals surface area contributed by atoms with E-state index in [0.717, 1.165) is 35.5 Å². The van der Waals surface area contributed by atoms with Crippen molar-refractivity contribution in [1.29, 1.82) is 0 Å². The van der Waals surface area contributed by atoms with Crippen molar-refractivity contribution >= 4 is 23.4 Å². The molecule has 1 amide bonds. The molecule has 3 rings (SSSR count). The van der Waals surface area contributed by atoms with Crippen molar-refractivity contribution in [3.05, 3.63) is 48.2 Å². The number of rotatable bonds is 6. The normalized spacial score (nSPS) is 14.8. The number of halogens is 3. The molecule has 0 radical (unpaired) electrons. The molecular weight excluding hydrogens is 403 g/mol. The molecule has 1 aromatic carbocycles. The van der Waals surface area contributed by atoms with Gasteiger partial charge >= 0.3 is 6.18 Å². The van der Waals surface area contributed by atoms with Crippen molar-refractivity contribution in [3.63, 3.8) is 0 Å². The van der Waals surface area contributed by atoms with Crippen LogP contribution in [0.15, 0.2) is 47.6 Å². The Morgan fingerprint density at radius 2 is 1.86 bits per heavy atom. The first kappa shape index (κ1) is 21.3. The van der Waals surface area contributed by atoms with Gasteiger partial charge in [0, 0.05) is 32.4 Å². The van der Waals surface area contributed by atoms with Crippen molar-refractivity contribution in [3.8, 4) is 5.75 Å². The summed E-state index contributed by atoms with van der Waals surface area (Å²) >= 11 is 1.14. The number of para-hydroxylation sites is 2. The molecule has 156 valence electrons. The van der Waals surface area contributed by atoms with Gasteiger partial charge < -0.3 is 14.5 Å². The zero-order valence-electron chi connectivity index (χ0n) is 16.0. The number of hydrogen-bond donors (Lipinski definition) is 0. The van der Waals surface area contributed by atoms with E-state index in [1.165, 1.54) is 6.07 Å². The molecule has 0 aliphatic carbocycles. The Bertz CT molecular complexity index is 822. The Labute approximate surface area is 171 Å². The fourth-order valence-corrected chi connectivity index (χ4v) is 3.80. The minimum absolute atomic E-state index is 0.0468. The maximum Gasteiger partial charge on any atom is 0.417 e. The number of benzene rings is 1. The molecule has 1 fully saturated rings. The average molecular weight is 425 g/mol. The van der Waals surface area contributed by atoms with Crippen molar-refractivity contribution in [2.24, 2.45) is 0 Å². The average Bonchev–Trinajstić information content (AvgIpc) is 2.72. The van der Waals surface area contributed by atoms with E-state index < -0.39 is 11.7 Å². The van der Waals surface area contributed by atoms with Crippen LogP contribution in [0, 0.1) is 0 Å². The first-order valence-corrected chi connectivity index (χ1v) is 10.3. The summed E-state index contributed by atoms with van der Waals surface area (Å²) in [7, 11) is 0. The van der Waals surface area contributed by atoms with Crippen molar-refractivity contribution in [2.75, 3.05) is 43.4 Å². The van der Waals surface area contributed by atoms with Crippen molar-refractivity contribution in [2.45, 2.75) is 18.1 Å². The van der Waals surface area contributed by atoms with E-state index in [0.29, 0.717) is 37.8 Å². The molecule has 9 heteroatoms. The van der Waals surface area contributed by atoms with E-state index in [4.69, 9.17) is 4.74 Å². The number of pyridine rings is 1. The third-order valence-electron chi connectivity index (χ3n) is 4.55. The summed E-state index contributed by atoms with van der Waals surface area (Å²) in [6.07, 6.45) is -3.62. The number of aromatic nitrogens is 1. The van der Waals surface area contributed by atoms with Crippen LogP contribution >= 0.6 is 11.8 Å². The van der Waals surface area contributed by atoms with Crippen LogP contribution < -0.4 is 9.64 Å². The lowest BCUT2D eigenvalue weighted by molar-refractivity contribution is -0.138. The first-order chi connectivity index (χ1) is 13.9. The molecule has 0 unspecified atom stereocenters. The number of nitrogens with zero attached hydrogens (tertiary/aromatic N) is 3. The van der Waals surface area contributed by atoms with Gasteiger partial charge in [0.1, 0.15) is 5.75 Å². The highest BCUT2D eigenvalue weighted by molar-refractivity contribution is 7.99. The Kier molecular flexibility index (Phi) is 6.89. The number of carbonyl (C=O) groups excluding carboxylic acids is 1. The second-order valence-electron chi connectivity index (χ2n) is 6.44. The number of anilines is 1. The van der Waals surface area contributed by atoms with Gasteiger partial charge in [-0.05, 0) is 31.2 Å². The van der Waals surface area contributed by atoms with Gasteiger partial charge in [-0.25, -0.2) is 4.98 Å². The summed E-state index contributed by atoms with van der Waals surface area (Å²) < 4.78 is 43.4. The monoisotopic (exact) mass is 425 g/mol. The molecular formula is C20H22F3N3O2S. The summed E-state index contributed by atoms with van der Waals surface area (Å²) in [5, 5.41) is 0.399. The summed E-state index contributed by atoms with van der Waals surface area (Å²) in [5.41, 5.74) is 0.224. The lowest BCUT2D eigenvalue weighted by Crippen LogP contribution is -2.49. The molecule has 0 N–H and O–H groups in total. The van der Waals surface area contributed by atoms with Crippen LogP contribution in [0.2, 0.25) is 0 Å². The van der Waals surface area contributed by atoms with Gasteiger partial charge in [0.25, 0.3) is 0 Å². The topological polar surface area (TPSA) is 45.7 Å². The fraction of sp³-hybridized carbons (Fsp3) is 0.400. The van der Waals surface area contributed by atoms with Crippen LogP contribution in [-0.2, 0) is 11.0 Å². The number of carbonyl (C=O) groups is 1. The molecule has 5 nitrogen and oxygen atoms in total. The maximum atomic E-state index is 12.6. The minimum atomic E-state index is -4.41. The highest BCUT2D eigenvalue weighted by Crippen LogP contribution is 2.30. The van der Waals surface area contributed by atoms with Crippen LogP contribution in [-0.4, -0.2) is 54.3 Å². The molecule has 2 heterocycles. The summed E-state index contributed by atoms with van der Waals surface area (Å²) in [4.78, 5) is 20.2. The van der Waals surface area contributed by atoms with Gasteiger partial charge in [-0.3, -0.25) is 4.79 Å². The number of hydrogen-bond acceptors (Lipinski definition) is 5. The number of piperazine rings is 1. The largest absolute Gasteiger partial charge is 0.492 e. The first-order valence-electron chi connectivity index (χ1n) is 9.29. The minimum Gasteiger partial charge on any atom is -0.492 e. The molecule has 0 saturated carbocycles. The standard InChI is InChI=1S/C20H22F3N3O2S/c1-2-28-17-6-4-3-5-16(17)25-9-11-26(12-10-25)19(27)14-29-18-8-7-15(13-24-18)20(21,22)23/h3-8,13H,2,9-12,14H2,1H3. The smallest absolute Gasteiger partial charge is 0.417 e. The molecule has 0 spiro atoms. The summed E-state index contributed by atoms with van der Waals surface area (Å²) in [5.74, 6) is 0.932. The number of amides is 1. The van der Waals surface area contributed by atoms with Gasteiger partial charge in [0.05, 0.1) is 28.6 Å². The van der Waals surface area contributed by atoms with Gasteiger partial charge in [-0.2, -0.15) is 13.2 Å². The van der Waals surface area contributed by atoms with E-state index in [-0.39, 0.29) is 11.7 Å². The Morgan fingerprint density at radius 3 is 2.48 bits per heavy atom. The third-order valence-corrected chi connectivity index (χ3v) is 5.47. The van der Waals surface area contributed by atoms with Crippen molar-refractivity contribution in [1.82, 2.24) is 9.88 Å². The molecule has 1 aromatic heterocycles. The van der Waals surface area contributed by atoms with E-state index in [1.54, 1.807) is 4.90 Å². The third kappa shape index (κ3) is 5.56. The van der Waals surface area contributed by atoms with Crippen LogP contribution in [0.4, 0.5) is 18.9 Å². The quantitative estimate of drug-likeness (QED) is 0.656. The lowest BCUT2D eigenvalue weighted by atomic mass is 10.2. The van der Waals surface area contributed by atoms with Gasteiger partial charge in [-0.1, -0.05) is 23.9 Å². The molecule has 1 saturated heterocycles. The van der Waals surface area contributed by atoms with Crippen LogP contribution in [0.1, 0.15) is 12.5 Å². The second kappa shape index (κ2) is 9.39. The summed E-state index contributed by atoms with van der Waals surface area (Å²) in [6.45, 7) is 5.08. The molecule has 1 aliphatic rings. The molecule has 2 aromatic rings.